The summed E-state index contributed by atoms with van der Waals surface area (Å²) in [6.07, 6.45) is 1.88. The van der Waals surface area contributed by atoms with Crippen molar-refractivity contribution < 1.29 is 4.74 Å². The minimum absolute atomic E-state index is 0.0987. The van der Waals surface area contributed by atoms with E-state index >= 15 is 0 Å². The van der Waals surface area contributed by atoms with Crippen LogP contribution in [0.25, 0.3) is 0 Å². The van der Waals surface area contributed by atoms with Crippen molar-refractivity contribution in [3.05, 3.63) is 48.6 Å². The Morgan fingerprint density at radius 1 is 1.31 bits per heavy atom. The van der Waals surface area contributed by atoms with Gasteiger partial charge >= 0.3 is 0 Å². The zero-order chi connectivity index (χ0) is 11.8. The summed E-state index contributed by atoms with van der Waals surface area (Å²) in [5, 5.41) is 3.39. The Morgan fingerprint density at radius 2 is 2.00 bits per heavy atom. The van der Waals surface area contributed by atoms with Crippen molar-refractivity contribution in [3.8, 4) is 0 Å². The SMILES string of the molecule is C=CCOC(CNC(C)C)c1ccccc1. The summed E-state index contributed by atoms with van der Waals surface area (Å²) in [5.74, 6) is 0. The first-order valence-corrected chi connectivity index (χ1v) is 5.75. The van der Waals surface area contributed by atoms with E-state index in [1.165, 1.54) is 5.56 Å². The Hall–Kier alpha value is -1.12. The second-order valence-corrected chi connectivity index (χ2v) is 4.08. The van der Waals surface area contributed by atoms with Crippen LogP contribution in [-0.2, 0) is 4.74 Å². The minimum atomic E-state index is 0.0987. The molecule has 0 aromatic heterocycles. The number of rotatable bonds is 7. The van der Waals surface area contributed by atoms with E-state index in [-0.39, 0.29) is 6.10 Å². The van der Waals surface area contributed by atoms with Crippen molar-refractivity contribution in [3.63, 3.8) is 0 Å². The molecule has 0 heterocycles. The van der Waals surface area contributed by atoms with Gasteiger partial charge in [-0.25, -0.2) is 0 Å². The van der Waals surface area contributed by atoms with E-state index in [4.69, 9.17) is 4.74 Å². The molecule has 1 aromatic carbocycles. The Morgan fingerprint density at radius 3 is 2.56 bits per heavy atom. The summed E-state index contributed by atoms with van der Waals surface area (Å²) in [6.45, 7) is 9.36. The van der Waals surface area contributed by atoms with Gasteiger partial charge in [-0.1, -0.05) is 50.3 Å². The van der Waals surface area contributed by atoms with Gasteiger partial charge in [0.25, 0.3) is 0 Å². The van der Waals surface area contributed by atoms with Crippen molar-refractivity contribution in [2.75, 3.05) is 13.2 Å². The Balaban J connectivity index is 2.59. The molecular formula is C14H21NO. The fourth-order valence-corrected chi connectivity index (χ4v) is 1.47. The molecule has 0 aliphatic rings. The third-order valence-electron chi connectivity index (χ3n) is 2.30. The minimum Gasteiger partial charge on any atom is -0.368 e. The van der Waals surface area contributed by atoms with E-state index in [2.05, 4.69) is 37.9 Å². The fourth-order valence-electron chi connectivity index (χ4n) is 1.47. The van der Waals surface area contributed by atoms with E-state index < -0.39 is 0 Å². The summed E-state index contributed by atoms with van der Waals surface area (Å²) in [6, 6.07) is 10.7. The van der Waals surface area contributed by atoms with Gasteiger partial charge in [0.1, 0.15) is 0 Å². The van der Waals surface area contributed by atoms with Crippen LogP contribution in [0.3, 0.4) is 0 Å². The molecule has 1 unspecified atom stereocenters. The standard InChI is InChI=1S/C14H21NO/c1-4-10-16-14(11-15-12(2)3)13-8-6-5-7-9-13/h4-9,12,14-15H,1,10-11H2,2-3H3. The highest BCUT2D eigenvalue weighted by atomic mass is 16.5. The van der Waals surface area contributed by atoms with Gasteiger partial charge in [0, 0.05) is 12.6 Å². The molecule has 1 N–H and O–H groups in total. The predicted molar refractivity (Wildman–Crippen MR) is 68.5 cm³/mol. The zero-order valence-corrected chi connectivity index (χ0v) is 10.1. The number of hydrogen-bond donors (Lipinski definition) is 1. The summed E-state index contributed by atoms with van der Waals surface area (Å²) < 4.78 is 5.75. The average molecular weight is 219 g/mol. The maximum Gasteiger partial charge on any atom is 0.0953 e. The molecular weight excluding hydrogens is 198 g/mol. The molecule has 0 saturated heterocycles. The van der Waals surface area contributed by atoms with Gasteiger partial charge < -0.3 is 10.1 Å². The smallest absolute Gasteiger partial charge is 0.0953 e. The second kappa shape index (κ2) is 7.20. The highest BCUT2D eigenvalue weighted by Crippen LogP contribution is 2.16. The lowest BCUT2D eigenvalue weighted by Gasteiger charge is -2.19. The van der Waals surface area contributed by atoms with Crippen LogP contribution in [0.5, 0.6) is 0 Å². The topological polar surface area (TPSA) is 21.3 Å². The molecule has 16 heavy (non-hydrogen) atoms. The highest BCUT2D eigenvalue weighted by Gasteiger charge is 2.10. The lowest BCUT2D eigenvalue weighted by molar-refractivity contribution is 0.0723. The zero-order valence-electron chi connectivity index (χ0n) is 10.1. The summed E-state index contributed by atoms with van der Waals surface area (Å²) in [7, 11) is 0. The van der Waals surface area contributed by atoms with Gasteiger partial charge in [0.05, 0.1) is 12.7 Å². The quantitative estimate of drug-likeness (QED) is 0.712. The molecule has 0 aliphatic heterocycles. The highest BCUT2D eigenvalue weighted by molar-refractivity contribution is 5.18. The maximum absolute atomic E-state index is 5.75. The van der Waals surface area contributed by atoms with Crippen molar-refractivity contribution in [2.24, 2.45) is 0 Å². The van der Waals surface area contributed by atoms with Crippen molar-refractivity contribution in [1.29, 1.82) is 0 Å². The van der Waals surface area contributed by atoms with Crippen LogP contribution < -0.4 is 5.32 Å². The van der Waals surface area contributed by atoms with Crippen LogP contribution in [-0.4, -0.2) is 19.2 Å². The summed E-state index contributed by atoms with van der Waals surface area (Å²) in [4.78, 5) is 0. The van der Waals surface area contributed by atoms with Crippen LogP contribution in [0.1, 0.15) is 25.5 Å². The molecule has 0 saturated carbocycles. The number of hydrogen-bond acceptors (Lipinski definition) is 2. The molecule has 2 heteroatoms. The third-order valence-corrected chi connectivity index (χ3v) is 2.30. The van der Waals surface area contributed by atoms with Crippen molar-refractivity contribution >= 4 is 0 Å². The van der Waals surface area contributed by atoms with Gasteiger partial charge in [-0.15, -0.1) is 6.58 Å². The molecule has 0 bridgehead atoms. The number of benzene rings is 1. The van der Waals surface area contributed by atoms with Crippen molar-refractivity contribution in [1.82, 2.24) is 5.32 Å². The van der Waals surface area contributed by atoms with E-state index in [0.29, 0.717) is 12.6 Å². The Labute approximate surface area is 98.3 Å². The van der Waals surface area contributed by atoms with Gasteiger partial charge in [-0.05, 0) is 5.56 Å². The second-order valence-electron chi connectivity index (χ2n) is 4.08. The van der Waals surface area contributed by atoms with Crippen LogP contribution >= 0.6 is 0 Å². The molecule has 0 radical (unpaired) electrons. The lowest BCUT2D eigenvalue weighted by atomic mass is 10.1. The molecule has 0 fully saturated rings. The molecule has 1 rings (SSSR count). The maximum atomic E-state index is 5.75. The summed E-state index contributed by atoms with van der Waals surface area (Å²) in [5.41, 5.74) is 1.21. The average Bonchev–Trinajstić information content (AvgIpc) is 2.30. The number of ether oxygens (including phenoxy) is 1. The molecule has 0 amide bonds. The van der Waals surface area contributed by atoms with Crippen LogP contribution in [0, 0.1) is 0 Å². The Kier molecular flexibility index (Phi) is 5.83. The van der Waals surface area contributed by atoms with Crippen LogP contribution in [0.2, 0.25) is 0 Å². The van der Waals surface area contributed by atoms with E-state index in [1.54, 1.807) is 6.08 Å². The van der Waals surface area contributed by atoms with E-state index in [9.17, 15) is 0 Å². The lowest BCUT2D eigenvalue weighted by Crippen LogP contribution is -2.29. The first kappa shape index (κ1) is 12.9. The molecule has 1 aromatic rings. The predicted octanol–water partition coefficient (Wildman–Crippen LogP) is 2.93. The summed E-state index contributed by atoms with van der Waals surface area (Å²) >= 11 is 0. The van der Waals surface area contributed by atoms with Gasteiger partial charge in [-0.2, -0.15) is 0 Å². The molecule has 1 atom stereocenters. The fraction of sp³-hybridized carbons (Fsp3) is 0.429. The largest absolute Gasteiger partial charge is 0.368 e. The monoisotopic (exact) mass is 219 g/mol. The first-order chi connectivity index (χ1) is 7.74. The first-order valence-electron chi connectivity index (χ1n) is 5.75. The van der Waals surface area contributed by atoms with E-state index in [1.807, 2.05) is 18.2 Å². The van der Waals surface area contributed by atoms with Gasteiger partial charge in [0.15, 0.2) is 0 Å². The van der Waals surface area contributed by atoms with Crippen molar-refractivity contribution in [2.45, 2.75) is 26.0 Å². The molecule has 2 nitrogen and oxygen atoms in total. The molecule has 88 valence electrons. The van der Waals surface area contributed by atoms with Gasteiger partial charge in [0.2, 0.25) is 0 Å². The molecule has 0 aliphatic carbocycles. The van der Waals surface area contributed by atoms with Crippen LogP contribution in [0.15, 0.2) is 43.0 Å². The normalized spacial score (nSPS) is 12.7. The Bertz CT molecular complexity index is 295. The third kappa shape index (κ3) is 4.60. The van der Waals surface area contributed by atoms with E-state index in [0.717, 1.165) is 6.54 Å². The molecule has 0 spiro atoms. The number of nitrogens with one attached hydrogen (secondary N) is 1. The van der Waals surface area contributed by atoms with Crippen LogP contribution in [0.4, 0.5) is 0 Å². The van der Waals surface area contributed by atoms with Gasteiger partial charge in [-0.3, -0.25) is 0 Å².